The molecule has 1 aliphatic rings. The van der Waals surface area contributed by atoms with Gasteiger partial charge in [-0.1, -0.05) is 11.6 Å². The van der Waals surface area contributed by atoms with Crippen LogP contribution in [0.4, 0.5) is 0 Å². The number of carbonyl (C=O) groups excluding carboxylic acids is 1. The van der Waals surface area contributed by atoms with Gasteiger partial charge in [0.15, 0.2) is 0 Å². The molecule has 2 aromatic heterocycles. The lowest BCUT2D eigenvalue weighted by molar-refractivity contribution is -0.133. The van der Waals surface area contributed by atoms with Gasteiger partial charge in [0.2, 0.25) is 11.7 Å². The van der Waals surface area contributed by atoms with Crippen molar-refractivity contribution in [3.05, 3.63) is 59.4 Å². The molecular weight excluding hydrogens is 352 g/mol. The largest absolute Gasteiger partial charge is 0.334 e. The van der Waals surface area contributed by atoms with Crippen LogP contribution in [0.2, 0.25) is 5.02 Å². The van der Waals surface area contributed by atoms with Gasteiger partial charge in [0.05, 0.1) is 6.04 Å². The summed E-state index contributed by atoms with van der Waals surface area (Å²) >= 11 is 5.89. The van der Waals surface area contributed by atoms with Gasteiger partial charge in [0.1, 0.15) is 6.54 Å². The van der Waals surface area contributed by atoms with Crippen LogP contribution in [0.25, 0.3) is 11.4 Å². The fourth-order valence-corrected chi connectivity index (χ4v) is 3.36. The van der Waals surface area contributed by atoms with Crippen molar-refractivity contribution in [2.24, 2.45) is 0 Å². The Labute approximate surface area is 155 Å². The van der Waals surface area contributed by atoms with E-state index in [1.807, 2.05) is 29.2 Å². The number of tetrazole rings is 1. The Hall–Kier alpha value is -2.80. The van der Waals surface area contributed by atoms with Gasteiger partial charge in [-0.25, -0.2) is 0 Å². The molecule has 8 heteroatoms. The number of amides is 1. The highest BCUT2D eigenvalue weighted by atomic mass is 35.5. The van der Waals surface area contributed by atoms with Crippen molar-refractivity contribution in [1.82, 2.24) is 30.1 Å². The first-order valence-electron chi connectivity index (χ1n) is 8.44. The molecule has 3 aromatic rings. The minimum atomic E-state index is -0.00984. The maximum atomic E-state index is 12.8. The second kappa shape index (κ2) is 7.21. The quantitative estimate of drug-likeness (QED) is 0.707. The Morgan fingerprint density at radius 3 is 2.69 bits per heavy atom. The Kier molecular flexibility index (Phi) is 4.62. The number of hydrogen-bond acceptors (Lipinski definition) is 5. The van der Waals surface area contributed by atoms with E-state index in [-0.39, 0.29) is 18.5 Å². The van der Waals surface area contributed by atoms with Gasteiger partial charge < -0.3 is 4.90 Å². The molecule has 132 valence electrons. The Morgan fingerprint density at radius 2 is 1.92 bits per heavy atom. The monoisotopic (exact) mass is 368 g/mol. The van der Waals surface area contributed by atoms with E-state index < -0.39 is 0 Å². The molecule has 1 aliphatic heterocycles. The summed E-state index contributed by atoms with van der Waals surface area (Å²) < 4.78 is 0. The minimum Gasteiger partial charge on any atom is -0.334 e. The summed E-state index contributed by atoms with van der Waals surface area (Å²) in [5.74, 6) is 0.464. The van der Waals surface area contributed by atoms with E-state index in [0.29, 0.717) is 10.8 Å². The van der Waals surface area contributed by atoms with Gasteiger partial charge in [-0.2, -0.15) is 4.80 Å². The summed E-state index contributed by atoms with van der Waals surface area (Å²) in [6.07, 6.45) is 5.46. The van der Waals surface area contributed by atoms with Crippen molar-refractivity contribution >= 4 is 17.5 Å². The van der Waals surface area contributed by atoms with Crippen LogP contribution < -0.4 is 0 Å². The van der Waals surface area contributed by atoms with Crippen molar-refractivity contribution < 1.29 is 4.79 Å². The Bertz CT molecular complexity index is 896. The molecule has 0 aliphatic carbocycles. The van der Waals surface area contributed by atoms with Crippen LogP contribution >= 0.6 is 11.6 Å². The van der Waals surface area contributed by atoms with E-state index in [4.69, 9.17) is 11.6 Å². The van der Waals surface area contributed by atoms with Crippen LogP contribution in [0.1, 0.15) is 24.4 Å². The summed E-state index contributed by atoms with van der Waals surface area (Å²) in [5, 5.41) is 13.0. The lowest BCUT2D eigenvalue weighted by Crippen LogP contribution is -2.34. The third kappa shape index (κ3) is 3.43. The van der Waals surface area contributed by atoms with E-state index >= 15 is 0 Å². The maximum Gasteiger partial charge on any atom is 0.246 e. The average Bonchev–Trinajstić information content (AvgIpc) is 3.32. The van der Waals surface area contributed by atoms with Crippen LogP contribution in [-0.4, -0.2) is 42.5 Å². The second-order valence-corrected chi connectivity index (χ2v) is 6.61. The summed E-state index contributed by atoms with van der Waals surface area (Å²) in [5.41, 5.74) is 1.92. The first-order chi connectivity index (χ1) is 12.7. The molecular formula is C18H17ClN6O. The molecule has 1 atom stereocenters. The summed E-state index contributed by atoms with van der Waals surface area (Å²) in [6, 6.07) is 11.2. The third-order valence-corrected chi connectivity index (χ3v) is 4.75. The van der Waals surface area contributed by atoms with Gasteiger partial charge in [-0.05, 0) is 60.0 Å². The van der Waals surface area contributed by atoms with Crippen molar-refractivity contribution in [1.29, 1.82) is 0 Å². The Morgan fingerprint density at radius 1 is 1.15 bits per heavy atom. The number of likely N-dealkylation sites (tertiary alicyclic amines) is 1. The zero-order valence-electron chi connectivity index (χ0n) is 14.0. The molecule has 4 rings (SSSR count). The predicted octanol–water partition coefficient (Wildman–Crippen LogP) is 2.75. The van der Waals surface area contributed by atoms with Crippen LogP contribution in [0.15, 0.2) is 48.8 Å². The second-order valence-electron chi connectivity index (χ2n) is 6.18. The highest BCUT2D eigenvalue weighted by Crippen LogP contribution is 2.31. The van der Waals surface area contributed by atoms with Crippen LogP contribution in [0.3, 0.4) is 0 Å². The van der Waals surface area contributed by atoms with Crippen LogP contribution in [0, 0.1) is 0 Å². The molecule has 0 N–H and O–H groups in total. The van der Waals surface area contributed by atoms with E-state index in [1.54, 1.807) is 24.5 Å². The molecule has 0 saturated carbocycles. The summed E-state index contributed by atoms with van der Waals surface area (Å²) in [7, 11) is 0. The van der Waals surface area contributed by atoms with E-state index in [1.165, 1.54) is 4.80 Å². The number of halogens is 1. The number of nitrogens with zero attached hydrogens (tertiary/aromatic N) is 6. The van der Waals surface area contributed by atoms with Gasteiger partial charge in [0.25, 0.3) is 0 Å². The normalized spacial score (nSPS) is 16.8. The minimum absolute atomic E-state index is 0.00984. The molecule has 1 amide bonds. The first-order valence-corrected chi connectivity index (χ1v) is 8.81. The number of benzene rings is 1. The number of carbonyl (C=O) groups is 1. The zero-order valence-corrected chi connectivity index (χ0v) is 14.8. The molecule has 0 radical (unpaired) electrons. The van der Waals surface area contributed by atoms with E-state index in [2.05, 4.69) is 20.4 Å². The molecule has 26 heavy (non-hydrogen) atoms. The maximum absolute atomic E-state index is 12.8. The molecule has 7 nitrogen and oxygen atoms in total. The fourth-order valence-electron chi connectivity index (χ4n) is 3.23. The Balaban J connectivity index is 1.47. The van der Waals surface area contributed by atoms with Crippen LogP contribution in [0.5, 0.6) is 0 Å². The van der Waals surface area contributed by atoms with Crippen LogP contribution in [-0.2, 0) is 11.3 Å². The summed E-state index contributed by atoms with van der Waals surface area (Å²) in [4.78, 5) is 20.0. The fraction of sp³-hybridized carbons (Fsp3) is 0.278. The van der Waals surface area contributed by atoms with Gasteiger partial charge in [-0.3, -0.25) is 9.78 Å². The van der Waals surface area contributed by atoms with Gasteiger partial charge in [-0.15, -0.1) is 10.2 Å². The first kappa shape index (κ1) is 16.7. The molecule has 0 bridgehead atoms. The number of aromatic nitrogens is 5. The highest BCUT2D eigenvalue weighted by molar-refractivity contribution is 6.30. The number of hydrogen-bond donors (Lipinski definition) is 0. The number of pyridine rings is 1. The third-order valence-electron chi connectivity index (χ3n) is 4.50. The summed E-state index contributed by atoms with van der Waals surface area (Å²) in [6.45, 7) is 0.812. The molecule has 3 heterocycles. The van der Waals surface area contributed by atoms with Gasteiger partial charge >= 0.3 is 0 Å². The van der Waals surface area contributed by atoms with Crippen molar-refractivity contribution in [2.45, 2.75) is 25.4 Å². The molecule has 1 unspecified atom stereocenters. The molecule has 0 spiro atoms. The van der Waals surface area contributed by atoms with Crippen molar-refractivity contribution in [3.63, 3.8) is 0 Å². The molecule has 1 aromatic carbocycles. The topological polar surface area (TPSA) is 76.8 Å². The SMILES string of the molecule is O=C(Cn1nnc(-c2ccc(Cl)cc2)n1)N1CCCC1c1ccncc1. The van der Waals surface area contributed by atoms with Gasteiger partial charge in [0, 0.05) is 29.5 Å². The molecule has 1 saturated heterocycles. The van der Waals surface area contributed by atoms with E-state index in [0.717, 1.165) is 30.5 Å². The zero-order chi connectivity index (χ0) is 17.9. The highest BCUT2D eigenvalue weighted by Gasteiger charge is 2.30. The standard InChI is InChI=1S/C18H17ClN6O/c19-15-5-3-14(4-6-15)18-21-23-25(22-18)12-17(26)24-11-1-2-16(24)13-7-9-20-10-8-13/h3-10,16H,1-2,11-12H2. The average molecular weight is 369 g/mol. The predicted molar refractivity (Wildman–Crippen MR) is 96.2 cm³/mol. The lowest BCUT2D eigenvalue weighted by atomic mass is 10.1. The molecule has 1 fully saturated rings. The number of rotatable bonds is 4. The van der Waals surface area contributed by atoms with Crippen molar-refractivity contribution in [3.8, 4) is 11.4 Å². The van der Waals surface area contributed by atoms with Crippen molar-refractivity contribution in [2.75, 3.05) is 6.54 Å². The lowest BCUT2D eigenvalue weighted by Gasteiger charge is -2.24. The van der Waals surface area contributed by atoms with E-state index in [9.17, 15) is 4.79 Å². The smallest absolute Gasteiger partial charge is 0.246 e.